The summed E-state index contributed by atoms with van der Waals surface area (Å²) in [4.78, 5) is 14.7. The Morgan fingerprint density at radius 3 is 2.24 bits per heavy atom. The second-order valence-electron chi connectivity index (χ2n) is 12.1. The van der Waals surface area contributed by atoms with Crippen molar-refractivity contribution in [3.63, 3.8) is 0 Å². The van der Waals surface area contributed by atoms with Crippen molar-refractivity contribution in [2.45, 2.75) is 110 Å². The number of carbonyl (C=O) groups is 1. The van der Waals surface area contributed by atoms with E-state index in [2.05, 4.69) is 33.9 Å². The molecule has 1 saturated heterocycles. The number of carbonyl (C=O) groups excluding carboxylic acids is 1. The monoisotopic (exact) mass is 509 g/mol. The Morgan fingerprint density at radius 2 is 1.76 bits per heavy atom. The van der Waals surface area contributed by atoms with Crippen molar-refractivity contribution in [3.05, 3.63) is 0 Å². The van der Waals surface area contributed by atoms with Gasteiger partial charge in [0.1, 0.15) is 11.3 Å². The Balaban J connectivity index is 2.97. The molecular weight excluding hydrogens is 462 g/mol. The maximum absolute atomic E-state index is 13.0. The van der Waals surface area contributed by atoms with Gasteiger partial charge < -0.3 is 13.9 Å². The molecule has 0 bridgehead atoms. The van der Waals surface area contributed by atoms with Gasteiger partial charge in [0.05, 0.1) is 25.5 Å². The first kappa shape index (κ1) is 30.3. The van der Waals surface area contributed by atoms with Gasteiger partial charge in [0, 0.05) is 6.61 Å². The minimum absolute atomic E-state index is 0.0813. The molecule has 0 spiro atoms. The third-order valence-electron chi connectivity index (χ3n) is 6.31. The van der Waals surface area contributed by atoms with Crippen LogP contribution in [0, 0.1) is 5.92 Å². The third kappa shape index (κ3) is 10.2. The van der Waals surface area contributed by atoms with Crippen molar-refractivity contribution in [1.29, 1.82) is 0 Å². The molecule has 10 heteroatoms. The molecule has 1 fully saturated rings. The zero-order valence-corrected chi connectivity index (χ0v) is 24.4. The van der Waals surface area contributed by atoms with Crippen LogP contribution in [0.15, 0.2) is 0 Å². The highest BCUT2D eigenvalue weighted by molar-refractivity contribution is 7.85. The van der Waals surface area contributed by atoms with Crippen molar-refractivity contribution in [2.75, 3.05) is 26.1 Å². The van der Waals surface area contributed by atoms with E-state index in [1.165, 1.54) is 0 Å². The lowest BCUT2D eigenvalue weighted by Gasteiger charge is -2.38. The molecule has 0 saturated carbocycles. The molecule has 196 valence electrons. The molecule has 1 aliphatic heterocycles. The largest absolute Gasteiger partial charge is 0.444 e. The van der Waals surface area contributed by atoms with Gasteiger partial charge in [0.2, 0.25) is 0 Å². The molecule has 0 radical (unpaired) electrons. The smallest absolute Gasteiger partial charge is 0.412 e. The Kier molecular flexibility index (Phi) is 10.1. The van der Waals surface area contributed by atoms with E-state index in [1.54, 1.807) is 4.90 Å². The number of ether oxygens (including phenoxy) is 2. The van der Waals surface area contributed by atoms with E-state index >= 15 is 0 Å². The Bertz CT molecular complexity index is 754. The Labute approximate surface area is 202 Å². The van der Waals surface area contributed by atoms with E-state index in [4.69, 9.17) is 18.1 Å². The summed E-state index contributed by atoms with van der Waals surface area (Å²) in [5, 5.41) is 0.0813. The summed E-state index contributed by atoms with van der Waals surface area (Å²) < 4.78 is 45.7. The number of hydrogen-bond acceptors (Lipinski definition) is 7. The molecule has 2 atom stereocenters. The molecule has 1 aliphatic rings. The van der Waals surface area contributed by atoms with E-state index in [0.717, 1.165) is 12.7 Å². The van der Waals surface area contributed by atoms with Crippen LogP contribution in [0.25, 0.3) is 0 Å². The maximum Gasteiger partial charge on any atom is 0.412 e. The standard InChI is InChI=1S/C23H47NO7SSi/c1-21(2,3)31-20(25)24-19(17-28-23(24,7)8)15-18(13-12-14-29-32(9,26)27)16-30-33(10,11)22(4,5)6/h18-19H,12-17H2,1-11H3/t18-,19+/m1/s1. The van der Waals surface area contributed by atoms with Crippen molar-refractivity contribution >= 4 is 24.5 Å². The molecule has 1 rings (SSSR count). The van der Waals surface area contributed by atoms with E-state index < -0.39 is 29.8 Å². The van der Waals surface area contributed by atoms with Gasteiger partial charge in [-0.15, -0.1) is 0 Å². The van der Waals surface area contributed by atoms with Crippen molar-refractivity contribution in [3.8, 4) is 0 Å². The normalized spacial score (nSPS) is 20.7. The van der Waals surface area contributed by atoms with Crippen LogP contribution in [-0.2, 0) is 28.2 Å². The van der Waals surface area contributed by atoms with Crippen LogP contribution < -0.4 is 0 Å². The van der Waals surface area contributed by atoms with Crippen LogP contribution in [-0.4, -0.2) is 71.2 Å². The summed E-state index contributed by atoms with van der Waals surface area (Å²) in [6.07, 6.45) is 2.66. The predicted molar refractivity (Wildman–Crippen MR) is 133 cm³/mol. The van der Waals surface area contributed by atoms with Gasteiger partial charge in [-0.25, -0.2) is 4.79 Å². The third-order valence-corrected chi connectivity index (χ3v) is 11.4. The average molecular weight is 510 g/mol. The van der Waals surface area contributed by atoms with Gasteiger partial charge in [0.15, 0.2) is 8.32 Å². The topological polar surface area (TPSA) is 91.4 Å². The summed E-state index contributed by atoms with van der Waals surface area (Å²) in [6, 6.07) is -0.154. The summed E-state index contributed by atoms with van der Waals surface area (Å²) >= 11 is 0. The highest BCUT2D eigenvalue weighted by atomic mass is 32.2. The van der Waals surface area contributed by atoms with Gasteiger partial charge in [-0.3, -0.25) is 9.08 Å². The molecule has 0 aliphatic carbocycles. The Hall–Kier alpha value is -0.683. The van der Waals surface area contributed by atoms with Crippen LogP contribution in [0.5, 0.6) is 0 Å². The molecule has 0 aromatic heterocycles. The number of hydrogen-bond donors (Lipinski definition) is 0. The lowest BCUT2D eigenvalue weighted by atomic mass is 9.95. The highest BCUT2D eigenvalue weighted by Gasteiger charge is 2.46. The molecule has 0 aromatic rings. The lowest BCUT2D eigenvalue weighted by molar-refractivity contribution is -0.0633. The van der Waals surface area contributed by atoms with E-state index in [1.807, 2.05) is 34.6 Å². The van der Waals surface area contributed by atoms with Crippen LogP contribution >= 0.6 is 0 Å². The van der Waals surface area contributed by atoms with Crippen LogP contribution in [0.2, 0.25) is 18.1 Å². The molecule has 1 heterocycles. The summed E-state index contributed by atoms with van der Waals surface area (Å²) in [6.45, 7) is 21.4. The molecule has 0 N–H and O–H groups in total. The minimum atomic E-state index is -3.47. The maximum atomic E-state index is 13.0. The lowest BCUT2D eigenvalue weighted by Crippen LogP contribution is -2.50. The first-order valence-electron chi connectivity index (χ1n) is 11.8. The second kappa shape index (κ2) is 10.9. The summed E-state index contributed by atoms with van der Waals surface area (Å²) in [5.74, 6) is 0.120. The zero-order valence-electron chi connectivity index (χ0n) is 22.6. The molecule has 0 aromatic carbocycles. The second-order valence-corrected chi connectivity index (χ2v) is 18.6. The highest BCUT2D eigenvalue weighted by Crippen LogP contribution is 2.38. The van der Waals surface area contributed by atoms with Crippen LogP contribution in [0.1, 0.15) is 74.7 Å². The Morgan fingerprint density at radius 1 is 1.18 bits per heavy atom. The van der Waals surface area contributed by atoms with E-state index in [-0.39, 0.29) is 29.7 Å². The average Bonchev–Trinajstić information content (AvgIpc) is 2.87. The molecule has 33 heavy (non-hydrogen) atoms. The van der Waals surface area contributed by atoms with Crippen LogP contribution in [0.3, 0.4) is 0 Å². The number of amides is 1. The summed E-state index contributed by atoms with van der Waals surface area (Å²) in [5.41, 5.74) is -1.37. The fourth-order valence-corrected chi connectivity index (χ4v) is 5.02. The molecular formula is C23H47NO7SSi. The molecule has 8 nitrogen and oxygen atoms in total. The number of nitrogens with zero attached hydrogens (tertiary/aromatic N) is 1. The van der Waals surface area contributed by atoms with E-state index in [9.17, 15) is 13.2 Å². The molecule has 0 unspecified atom stereocenters. The van der Waals surface area contributed by atoms with Crippen molar-refractivity contribution < 1.29 is 31.3 Å². The number of rotatable bonds is 10. The fourth-order valence-electron chi connectivity index (χ4n) is 3.52. The van der Waals surface area contributed by atoms with Gasteiger partial charge >= 0.3 is 6.09 Å². The molecule has 1 amide bonds. The summed E-state index contributed by atoms with van der Waals surface area (Å²) in [7, 11) is -5.43. The quantitative estimate of drug-likeness (QED) is 0.229. The minimum Gasteiger partial charge on any atom is -0.444 e. The van der Waals surface area contributed by atoms with Crippen molar-refractivity contribution in [2.24, 2.45) is 5.92 Å². The first-order valence-corrected chi connectivity index (χ1v) is 16.5. The fraction of sp³-hybridized carbons (Fsp3) is 0.957. The SMILES string of the molecule is CC(C)(C)OC(=O)N1[C@@H](C[C@@H](CCCOS(C)(=O)=O)CO[Si](C)(C)C(C)(C)C)COC1(C)C. The first-order chi connectivity index (χ1) is 14.6. The van der Waals surface area contributed by atoms with Crippen LogP contribution in [0.4, 0.5) is 4.79 Å². The van der Waals surface area contributed by atoms with Gasteiger partial charge in [0.25, 0.3) is 10.1 Å². The van der Waals surface area contributed by atoms with Gasteiger partial charge in [-0.2, -0.15) is 8.42 Å². The zero-order chi connectivity index (χ0) is 25.9. The van der Waals surface area contributed by atoms with Gasteiger partial charge in [-0.1, -0.05) is 20.8 Å². The van der Waals surface area contributed by atoms with Gasteiger partial charge in [-0.05, 0) is 77.9 Å². The van der Waals surface area contributed by atoms with E-state index in [0.29, 0.717) is 26.1 Å². The van der Waals surface area contributed by atoms with Crippen molar-refractivity contribution in [1.82, 2.24) is 4.90 Å². The predicted octanol–water partition coefficient (Wildman–Crippen LogP) is 5.14.